The fourth-order valence-electron chi connectivity index (χ4n) is 11.1. The van der Waals surface area contributed by atoms with Gasteiger partial charge in [-0.3, -0.25) is 0 Å². The first-order chi connectivity index (χ1) is 31.3. The van der Waals surface area contributed by atoms with Crippen LogP contribution in [0.5, 0.6) is 0 Å². The summed E-state index contributed by atoms with van der Waals surface area (Å²) in [6.07, 6.45) is 0. The van der Waals surface area contributed by atoms with Gasteiger partial charge in [0, 0.05) is 55.7 Å². The van der Waals surface area contributed by atoms with Crippen molar-refractivity contribution in [3.05, 3.63) is 184 Å². The molecule has 0 aliphatic carbocycles. The third-order valence-electron chi connectivity index (χ3n) is 15.4. The Balaban J connectivity index is 1.30. The highest BCUT2D eigenvalue weighted by molar-refractivity contribution is 6.16. The third-order valence-corrected chi connectivity index (χ3v) is 15.4. The number of nitrogens with zero attached hydrogens (tertiary/aromatic N) is 3. The summed E-state index contributed by atoms with van der Waals surface area (Å²) >= 11 is 0. The smallest absolute Gasteiger partial charge is 0.0583 e. The second kappa shape index (κ2) is 14.7. The lowest BCUT2D eigenvalue weighted by Crippen LogP contribution is -2.33. The van der Waals surface area contributed by atoms with Gasteiger partial charge in [0.05, 0.1) is 16.7 Å². The Morgan fingerprint density at radius 3 is 0.851 bits per heavy atom. The van der Waals surface area contributed by atoms with Crippen molar-refractivity contribution in [1.82, 2.24) is 4.57 Å². The lowest BCUT2D eigenvalue weighted by Gasteiger charge is -2.42. The molecule has 7 aromatic carbocycles. The minimum atomic E-state index is -0.270. The van der Waals surface area contributed by atoms with Crippen LogP contribution in [-0.4, -0.2) is 4.57 Å². The second-order valence-electron chi connectivity index (χ2n) is 24.9. The fourth-order valence-corrected chi connectivity index (χ4v) is 11.1. The molecule has 342 valence electrons. The Morgan fingerprint density at radius 2 is 0.597 bits per heavy atom. The van der Waals surface area contributed by atoms with E-state index in [0.717, 1.165) is 22.7 Å². The molecule has 10 rings (SSSR count). The van der Waals surface area contributed by atoms with Gasteiger partial charge in [0.2, 0.25) is 0 Å². The van der Waals surface area contributed by atoms with Gasteiger partial charge in [-0.15, -0.1) is 0 Å². The van der Waals surface area contributed by atoms with E-state index in [4.69, 9.17) is 0 Å². The van der Waals surface area contributed by atoms with Crippen LogP contribution >= 0.6 is 0 Å². The lowest BCUT2D eigenvalue weighted by molar-refractivity contribution is 0.590. The molecule has 0 radical (unpaired) electrons. The summed E-state index contributed by atoms with van der Waals surface area (Å²) in [5.41, 5.74) is 21.4. The van der Waals surface area contributed by atoms with Gasteiger partial charge >= 0.3 is 0 Å². The van der Waals surface area contributed by atoms with Crippen LogP contribution in [0.2, 0.25) is 0 Å². The van der Waals surface area contributed by atoms with Crippen LogP contribution in [0.25, 0.3) is 27.5 Å². The zero-order valence-electron chi connectivity index (χ0n) is 43.1. The van der Waals surface area contributed by atoms with Crippen molar-refractivity contribution in [2.45, 2.75) is 143 Å². The molecule has 8 aromatic rings. The van der Waals surface area contributed by atoms with Gasteiger partial charge in [-0.05, 0) is 139 Å². The minimum Gasteiger partial charge on any atom is -0.310 e. The molecule has 67 heavy (non-hydrogen) atoms. The van der Waals surface area contributed by atoms with Crippen LogP contribution in [0.3, 0.4) is 0 Å². The molecular formula is C64H71N3. The molecule has 3 nitrogen and oxygen atoms in total. The van der Waals surface area contributed by atoms with Crippen LogP contribution in [-0.2, 0) is 32.5 Å². The van der Waals surface area contributed by atoms with Crippen LogP contribution in [0.1, 0.15) is 155 Å². The number of aromatic nitrogens is 1. The molecule has 0 fully saturated rings. The maximum absolute atomic E-state index is 2.66. The van der Waals surface area contributed by atoms with E-state index in [0.29, 0.717) is 0 Å². The molecule has 0 bridgehead atoms. The van der Waals surface area contributed by atoms with Crippen molar-refractivity contribution < 1.29 is 0 Å². The van der Waals surface area contributed by atoms with E-state index in [2.05, 4.69) is 265 Å². The van der Waals surface area contributed by atoms with E-state index >= 15 is 0 Å². The molecule has 2 aliphatic heterocycles. The highest BCUT2D eigenvalue weighted by Crippen LogP contribution is 2.58. The molecule has 2 aliphatic rings. The van der Waals surface area contributed by atoms with Crippen LogP contribution < -0.4 is 9.80 Å². The van der Waals surface area contributed by atoms with Crippen LogP contribution in [0.15, 0.2) is 140 Å². The Bertz CT molecular complexity index is 2890. The summed E-state index contributed by atoms with van der Waals surface area (Å²) in [5.74, 6) is 0. The minimum absolute atomic E-state index is 0.0471. The van der Waals surface area contributed by atoms with E-state index in [9.17, 15) is 0 Å². The first-order valence-corrected chi connectivity index (χ1v) is 24.6. The second-order valence-corrected chi connectivity index (χ2v) is 24.9. The zero-order valence-corrected chi connectivity index (χ0v) is 43.1. The number of hydrogen-bond acceptors (Lipinski definition) is 2. The van der Waals surface area contributed by atoms with Gasteiger partial charge in [-0.25, -0.2) is 0 Å². The number of fused-ring (bicyclic) bond motifs is 1. The van der Waals surface area contributed by atoms with Gasteiger partial charge in [0.15, 0.2) is 0 Å². The quantitative estimate of drug-likeness (QED) is 0.165. The molecule has 0 saturated heterocycles. The molecular weight excluding hydrogens is 811 g/mol. The SMILES string of the molecule is CC(C)(C)c1ccc(N(c2ccc(C(C)(C)C)cc2)c2cc3c4c(c2)c2cc(N(c5ccc(C(C)(C)C)cc5)c5ccc(C(C)(C)C)cc5)cc5c2n4-c2c(cccc2C5(C)C)C3(C)C)cc1. The lowest BCUT2D eigenvalue weighted by atomic mass is 9.68. The highest BCUT2D eigenvalue weighted by atomic mass is 15.2. The first-order valence-electron chi connectivity index (χ1n) is 24.6. The molecule has 3 heteroatoms. The van der Waals surface area contributed by atoms with Gasteiger partial charge in [0.1, 0.15) is 0 Å². The molecule has 0 saturated carbocycles. The van der Waals surface area contributed by atoms with Crippen molar-refractivity contribution in [3.63, 3.8) is 0 Å². The summed E-state index contributed by atoms with van der Waals surface area (Å²) in [4.78, 5) is 4.99. The van der Waals surface area contributed by atoms with E-state index < -0.39 is 0 Å². The number of rotatable bonds is 6. The predicted octanol–water partition coefficient (Wildman–Crippen LogP) is 18.2. The van der Waals surface area contributed by atoms with Gasteiger partial charge in [-0.2, -0.15) is 0 Å². The third kappa shape index (κ3) is 7.13. The molecule has 3 heterocycles. The molecule has 1 aromatic heterocycles. The maximum Gasteiger partial charge on any atom is 0.0583 e. The summed E-state index contributed by atoms with van der Waals surface area (Å²) in [6.45, 7) is 37.3. The fraction of sp³-hybridized carbons (Fsp3) is 0.344. The van der Waals surface area contributed by atoms with Crippen molar-refractivity contribution in [3.8, 4) is 5.69 Å². The molecule has 0 spiro atoms. The molecule has 0 unspecified atom stereocenters. The van der Waals surface area contributed by atoms with Crippen molar-refractivity contribution in [2.75, 3.05) is 9.80 Å². The van der Waals surface area contributed by atoms with Crippen LogP contribution in [0.4, 0.5) is 34.1 Å². The molecule has 0 N–H and O–H groups in total. The van der Waals surface area contributed by atoms with E-state index in [1.54, 1.807) is 0 Å². The average Bonchev–Trinajstić information content (AvgIpc) is 3.58. The van der Waals surface area contributed by atoms with Crippen molar-refractivity contribution in [2.24, 2.45) is 0 Å². The average molecular weight is 882 g/mol. The number of anilines is 6. The first kappa shape index (κ1) is 44.8. The zero-order chi connectivity index (χ0) is 48.0. The Morgan fingerprint density at radius 1 is 0.328 bits per heavy atom. The number of para-hydroxylation sites is 1. The maximum atomic E-state index is 2.66. The molecule has 0 amide bonds. The predicted molar refractivity (Wildman–Crippen MR) is 289 cm³/mol. The number of benzene rings is 7. The van der Waals surface area contributed by atoms with Gasteiger partial charge < -0.3 is 14.4 Å². The summed E-state index contributed by atoms with van der Waals surface area (Å²) in [7, 11) is 0. The summed E-state index contributed by atoms with van der Waals surface area (Å²) in [6, 6.07) is 54.3. The van der Waals surface area contributed by atoms with Gasteiger partial charge in [-0.1, -0.05) is 178 Å². The largest absolute Gasteiger partial charge is 0.310 e. The Labute approximate surface area is 401 Å². The summed E-state index contributed by atoms with van der Waals surface area (Å²) in [5, 5.41) is 2.57. The van der Waals surface area contributed by atoms with Gasteiger partial charge in [0.25, 0.3) is 0 Å². The monoisotopic (exact) mass is 882 g/mol. The Kier molecular flexibility index (Phi) is 9.83. The standard InChI is InChI=1S/C64H71N3/c1-59(2,3)40-20-28-44(29-21-40)65(45-30-22-41(23-31-45)60(4,5)6)48-36-50-51-37-49(66(46-32-24-42(25-33-46)61(7,8)9)47-34-26-43(27-35-47)62(10,11)12)39-55-57(51)67-56(50)54(38-48)63(13,14)52-18-17-19-53(58(52)67)64(55,15)16/h17-39H,1-16H3. The van der Waals surface area contributed by atoms with E-state index in [1.165, 1.54) is 83.4 Å². The highest BCUT2D eigenvalue weighted by Gasteiger charge is 2.44. The molecule has 0 atom stereocenters. The topological polar surface area (TPSA) is 11.4 Å². The van der Waals surface area contributed by atoms with Crippen molar-refractivity contribution >= 4 is 55.9 Å². The van der Waals surface area contributed by atoms with E-state index in [-0.39, 0.29) is 32.5 Å². The van der Waals surface area contributed by atoms with Crippen LogP contribution in [0, 0.1) is 0 Å². The van der Waals surface area contributed by atoms with Crippen molar-refractivity contribution in [1.29, 1.82) is 0 Å². The van der Waals surface area contributed by atoms with E-state index in [1.807, 2.05) is 0 Å². The number of hydrogen-bond donors (Lipinski definition) is 0. The summed E-state index contributed by atoms with van der Waals surface area (Å²) < 4.78 is 2.66. The normalized spacial score (nSPS) is 15.1. The Hall–Kier alpha value is -6.06.